The Bertz CT molecular complexity index is 660. The molecule has 2 aromatic heterocycles. The van der Waals surface area contributed by atoms with E-state index in [0.29, 0.717) is 11.6 Å². The minimum Gasteiger partial charge on any atom is -0.354 e. The van der Waals surface area contributed by atoms with Crippen molar-refractivity contribution in [2.75, 3.05) is 6.54 Å². The smallest absolute Gasteiger partial charge is 0.241 e. The van der Waals surface area contributed by atoms with Crippen molar-refractivity contribution in [3.05, 3.63) is 32.8 Å². The first kappa shape index (κ1) is 17.0. The van der Waals surface area contributed by atoms with Crippen LogP contribution in [0.5, 0.6) is 0 Å². The number of hydrogen-bond acceptors (Lipinski definition) is 3. The van der Waals surface area contributed by atoms with Crippen LogP contribution in [0.4, 0.5) is 0 Å². The normalized spacial score (nSPS) is 11.0. The summed E-state index contributed by atoms with van der Waals surface area (Å²) in [6.07, 6.45) is 2.60. The summed E-state index contributed by atoms with van der Waals surface area (Å²) in [6, 6.07) is 0. The van der Waals surface area contributed by atoms with Crippen LogP contribution in [0.3, 0.4) is 0 Å². The highest BCUT2D eigenvalue weighted by Crippen LogP contribution is 2.18. The lowest BCUT2D eigenvalue weighted by Gasteiger charge is -2.07. The zero-order chi connectivity index (χ0) is 16.3. The lowest BCUT2D eigenvalue weighted by Crippen LogP contribution is -2.29. The van der Waals surface area contributed by atoms with E-state index in [1.54, 1.807) is 10.9 Å². The van der Waals surface area contributed by atoms with E-state index >= 15 is 0 Å². The van der Waals surface area contributed by atoms with Crippen LogP contribution in [-0.4, -0.2) is 32.0 Å². The highest BCUT2D eigenvalue weighted by Gasteiger charge is 2.09. The van der Waals surface area contributed by atoms with Crippen molar-refractivity contribution in [1.29, 1.82) is 0 Å². The van der Waals surface area contributed by atoms with Crippen LogP contribution in [0.1, 0.15) is 23.5 Å². The van der Waals surface area contributed by atoms with E-state index in [-0.39, 0.29) is 12.5 Å². The van der Waals surface area contributed by atoms with Gasteiger partial charge in [0.1, 0.15) is 6.54 Å². The van der Waals surface area contributed by atoms with E-state index in [4.69, 9.17) is 11.6 Å². The van der Waals surface area contributed by atoms with Crippen molar-refractivity contribution < 1.29 is 4.79 Å². The molecule has 2 rings (SSSR count). The second-order valence-electron chi connectivity index (χ2n) is 5.17. The Balaban J connectivity index is 1.74. The summed E-state index contributed by atoms with van der Waals surface area (Å²) < 4.78 is 4.40. The fraction of sp³-hybridized carbons (Fsp3) is 0.500. The zero-order valence-corrected chi connectivity index (χ0v) is 15.2. The molecule has 1 amide bonds. The van der Waals surface area contributed by atoms with Crippen molar-refractivity contribution in [2.24, 2.45) is 0 Å². The van der Waals surface area contributed by atoms with Gasteiger partial charge in [-0.15, -0.1) is 0 Å². The molecule has 0 saturated heterocycles. The molecule has 0 spiro atoms. The standard InChI is InChI=1S/C14H19BrClN5O/c1-9-12(15)7-20(18-9)8-13(22)17-5-4-6-21-11(3)14(16)10(2)19-21/h7H,4-6,8H2,1-3H3,(H,17,22). The van der Waals surface area contributed by atoms with Gasteiger partial charge in [-0.1, -0.05) is 11.6 Å². The van der Waals surface area contributed by atoms with Gasteiger partial charge in [0.25, 0.3) is 0 Å². The van der Waals surface area contributed by atoms with Gasteiger partial charge in [-0.3, -0.25) is 14.2 Å². The topological polar surface area (TPSA) is 64.7 Å². The lowest BCUT2D eigenvalue weighted by atomic mass is 10.3. The van der Waals surface area contributed by atoms with Crippen LogP contribution in [0.25, 0.3) is 0 Å². The molecule has 0 aliphatic heterocycles. The van der Waals surface area contributed by atoms with Crippen LogP contribution in [-0.2, 0) is 17.9 Å². The van der Waals surface area contributed by atoms with Gasteiger partial charge >= 0.3 is 0 Å². The monoisotopic (exact) mass is 387 g/mol. The maximum atomic E-state index is 11.8. The highest BCUT2D eigenvalue weighted by molar-refractivity contribution is 9.10. The molecular formula is C14H19BrClN5O. The second kappa shape index (κ2) is 7.28. The molecule has 2 aromatic rings. The molecule has 0 aromatic carbocycles. The number of nitrogens with zero attached hydrogens (tertiary/aromatic N) is 4. The average Bonchev–Trinajstić information content (AvgIpc) is 2.89. The van der Waals surface area contributed by atoms with Crippen LogP contribution in [0, 0.1) is 20.8 Å². The van der Waals surface area contributed by atoms with Crippen molar-refractivity contribution in [3.8, 4) is 0 Å². The molecule has 0 radical (unpaired) electrons. The van der Waals surface area contributed by atoms with Crippen LogP contribution in [0.2, 0.25) is 5.02 Å². The first-order valence-electron chi connectivity index (χ1n) is 7.04. The maximum absolute atomic E-state index is 11.8. The van der Waals surface area contributed by atoms with Gasteiger partial charge in [-0.2, -0.15) is 10.2 Å². The fourth-order valence-corrected chi connectivity index (χ4v) is 2.58. The van der Waals surface area contributed by atoms with Gasteiger partial charge in [-0.25, -0.2) is 0 Å². The number of halogens is 2. The number of aryl methyl sites for hydroxylation is 3. The quantitative estimate of drug-likeness (QED) is 0.774. The van der Waals surface area contributed by atoms with E-state index in [2.05, 4.69) is 31.4 Å². The van der Waals surface area contributed by atoms with Crippen molar-refractivity contribution in [2.45, 2.75) is 40.3 Å². The minimum atomic E-state index is -0.0543. The summed E-state index contributed by atoms with van der Waals surface area (Å²) in [5.41, 5.74) is 2.67. The summed E-state index contributed by atoms with van der Waals surface area (Å²) in [4.78, 5) is 11.8. The first-order valence-corrected chi connectivity index (χ1v) is 8.21. The zero-order valence-electron chi connectivity index (χ0n) is 12.9. The third-order valence-electron chi connectivity index (χ3n) is 3.35. The molecule has 8 heteroatoms. The number of aromatic nitrogens is 4. The van der Waals surface area contributed by atoms with Gasteiger partial charge in [0.05, 0.1) is 26.6 Å². The molecule has 0 unspecified atom stereocenters. The maximum Gasteiger partial charge on any atom is 0.241 e. The predicted molar refractivity (Wildman–Crippen MR) is 89.0 cm³/mol. The SMILES string of the molecule is Cc1nn(CC(=O)NCCCn2nc(C)c(Cl)c2C)cc1Br. The molecule has 0 saturated carbocycles. The summed E-state index contributed by atoms with van der Waals surface area (Å²) >= 11 is 9.47. The minimum absolute atomic E-state index is 0.0543. The Kier molecular flexibility index (Phi) is 5.63. The van der Waals surface area contributed by atoms with E-state index in [9.17, 15) is 4.79 Å². The van der Waals surface area contributed by atoms with E-state index in [1.807, 2.05) is 25.5 Å². The Morgan fingerprint density at radius 2 is 2.05 bits per heavy atom. The average molecular weight is 389 g/mol. The molecular weight excluding hydrogens is 370 g/mol. The largest absolute Gasteiger partial charge is 0.354 e. The first-order chi connectivity index (χ1) is 10.4. The molecule has 1 N–H and O–H groups in total. The molecule has 22 heavy (non-hydrogen) atoms. The Hall–Kier alpha value is -1.34. The fourth-order valence-electron chi connectivity index (χ4n) is 2.13. The number of carbonyl (C=O) groups is 1. The van der Waals surface area contributed by atoms with Crippen molar-refractivity contribution in [3.63, 3.8) is 0 Å². The molecule has 0 bridgehead atoms. The van der Waals surface area contributed by atoms with Crippen molar-refractivity contribution in [1.82, 2.24) is 24.9 Å². The summed E-state index contributed by atoms with van der Waals surface area (Å²) in [5.74, 6) is -0.0543. The molecule has 0 atom stereocenters. The predicted octanol–water partition coefficient (Wildman–Crippen LogP) is 2.63. The van der Waals surface area contributed by atoms with Gasteiger partial charge in [0.2, 0.25) is 5.91 Å². The third kappa shape index (κ3) is 4.10. The van der Waals surface area contributed by atoms with Crippen LogP contribution in [0.15, 0.2) is 10.7 Å². The number of rotatable bonds is 6. The van der Waals surface area contributed by atoms with E-state index in [0.717, 1.165) is 34.5 Å². The second-order valence-corrected chi connectivity index (χ2v) is 6.40. The van der Waals surface area contributed by atoms with Gasteiger partial charge < -0.3 is 5.32 Å². The molecule has 0 aliphatic rings. The third-order valence-corrected chi connectivity index (χ3v) is 4.68. The Morgan fingerprint density at radius 1 is 1.32 bits per heavy atom. The molecule has 2 heterocycles. The van der Waals surface area contributed by atoms with Gasteiger partial charge in [0, 0.05) is 19.3 Å². The van der Waals surface area contributed by atoms with Crippen LogP contribution >= 0.6 is 27.5 Å². The summed E-state index contributed by atoms with van der Waals surface area (Å²) in [7, 11) is 0. The number of hydrogen-bond donors (Lipinski definition) is 1. The summed E-state index contributed by atoms with van der Waals surface area (Å²) in [5, 5.41) is 12.2. The number of nitrogens with one attached hydrogen (secondary N) is 1. The number of amides is 1. The molecule has 0 fully saturated rings. The number of carbonyl (C=O) groups excluding carboxylic acids is 1. The molecule has 0 aliphatic carbocycles. The lowest BCUT2D eigenvalue weighted by molar-refractivity contribution is -0.121. The molecule has 6 nitrogen and oxygen atoms in total. The van der Waals surface area contributed by atoms with Gasteiger partial charge in [-0.05, 0) is 43.1 Å². The van der Waals surface area contributed by atoms with Crippen molar-refractivity contribution >= 4 is 33.4 Å². The molecule has 120 valence electrons. The Morgan fingerprint density at radius 3 is 2.59 bits per heavy atom. The van der Waals surface area contributed by atoms with E-state index in [1.165, 1.54) is 0 Å². The summed E-state index contributed by atoms with van der Waals surface area (Å²) in [6.45, 7) is 7.26. The van der Waals surface area contributed by atoms with Gasteiger partial charge in [0.15, 0.2) is 0 Å². The Labute approximate surface area is 143 Å². The van der Waals surface area contributed by atoms with Crippen LogP contribution < -0.4 is 5.32 Å². The van der Waals surface area contributed by atoms with E-state index < -0.39 is 0 Å². The highest BCUT2D eigenvalue weighted by atomic mass is 79.9.